The first-order valence-corrected chi connectivity index (χ1v) is 7.47. The van der Waals surface area contributed by atoms with Crippen LogP contribution in [0.25, 0.3) is 10.8 Å². The zero-order chi connectivity index (χ0) is 13.9. The van der Waals surface area contributed by atoms with Crippen LogP contribution in [0.15, 0.2) is 36.4 Å². The Morgan fingerprint density at radius 2 is 1.95 bits per heavy atom. The highest BCUT2D eigenvalue weighted by atomic mass is 32.2. The van der Waals surface area contributed by atoms with Crippen molar-refractivity contribution in [2.24, 2.45) is 0 Å². The van der Waals surface area contributed by atoms with E-state index in [1.165, 1.54) is 0 Å². The lowest BCUT2D eigenvalue weighted by Crippen LogP contribution is -2.10. The van der Waals surface area contributed by atoms with E-state index < -0.39 is 10.1 Å². The minimum atomic E-state index is -3.90. The number of rotatable bonds is 5. The molecule has 102 valence electrons. The molecule has 0 bridgehead atoms. The zero-order valence-corrected chi connectivity index (χ0v) is 11.0. The lowest BCUT2D eigenvalue weighted by atomic mass is 10.1. The predicted molar refractivity (Wildman–Crippen MR) is 75.1 cm³/mol. The molecule has 0 saturated carbocycles. The van der Waals surface area contributed by atoms with Gasteiger partial charge in [-0.3, -0.25) is 4.55 Å². The predicted octanol–water partition coefficient (Wildman–Crippen LogP) is 2.24. The molecule has 0 aliphatic heterocycles. The summed E-state index contributed by atoms with van der Waals surface area (Å²) in [5.41, 5.74) is 0.868. The van der Waals surface area contributed by atoms with Crippen molar-refractivity contribution in [3.63, 3.8) is 0 Å². The van der Waals surface area contributed by atoms with Gasteiger partial charge in [0.15, 0.2) is 0 Å². The van der Waals surface area contributed by atoms with Crippen LogP contribution in [0.3, 0.4) is 0 Å². The molecule has 0 spiro atoms. The SMILES string of the molecule is O=S(=O)(O)CCCNc1cccc2cc(O)ccc12. The molecule has 2 aromatic rings. The Morgan fingerprint density at radius 3 is 2.68 bits per heavy atom. The first-order valence-electron chi connectivity index (χ1n) is 5.86. The minimum Gasteiger partial charge on any atom is -0.508 e. The van der Waals surface area contributed by atoms with Crippen LogP contribution < -0.4 is 5.32 Å². The van der Waals surface area contributed by atoms with E-state index in [1.54, 1.807) is 18.2 Å². The van der Waals surface area contributed by atoms with Crippen LogP contribution in [0, 0.1) is 0 Å². The molecule has 0 aliphatic rings. The summed E-state index contributed by atoms with van der Waals surface area (Å²) in [5, 5.41) is 14.4. The van der Waals surface area contributed by atoms with Crippen molar-refractivity contribution in [1.82, 2.24) is 0 Å². The third-order valence-corrected chi connectivity index (χ3v) is 3.56. The Morgan fingerprint density at radius 1 is 1.16 bits per heavy atom. The fourth-order valence-corrected chi connectivity index (χ4v) is 2.41. The molecule has 0 aromatic heterocycles. The van der Waals surface area contributed by atoms with E-state index >= 15 is 0 Å². The van der Waals surface area contributed by atoms with E-state index in [4.69, 9.17) is 4.55 Å². The second-order valence-corrected chi connectivity index (χ2v) is 5.85. The Bertz CT molecular complexity index is 682. The number of hydrogen-bond donors (Lipinski definition) is 3. The van der Waals surface area contributed by atoms with E-state index in [0.29, 0.717) is 13.0 Å². The van der Waals surface area contributed by atoms with Crippen LogP contribution in [0.2, 0.25) is 0 Å². The van der Waals surface area contributed by atoms with E-state index in [2.05, 4.69) is 5.32 Å². The molecule has 19 heavy (non-hydrogen) atoms. The molecular formula is C13H15NO4S. The lowest BCUT2D eigenvalue weighted by molar-refractivity contribution is 0.476. The number of anilines is 1. The van der Waals surface area contributed by atoms with Gasteiger partial charge >= 0.3 is 0 Å². The average molecular weight is 281 g/mol. The largest absolute Gasteiger partial charge is 0.508 e. The number of hydrogen-bond acceptors (Lipinski definition) is 4. The van der Waals surface area contributed by atoms with Crippen molar-refractivity contribution in [2.75, 3.05) is 17.6 Å². The normalized spacial score (nSPS) is 11.6. The Labute approximate surface area is 111 Å². The number of nitrogens with one attached hydrogen (secondary N) is 1. The quantitative estimate of drug-likeness (QED) is 0.578. The van der Waals surface area contributed by atoms with E-state index in [9.17, 15) is 13.5 Å². The number of benzene rings is 2. The lowest BCUT2D eigenvalue weighted by Gasteiger charge is -2.09. The maximum absolute atomic E-state index is 10.6. The molecule has 0 aliphatic carbocycles. The molecule has 0 saturated heterocycles. The highest BCUT2D eigenvalue weighted by Crippen LogP contribution is 2.26. The first-order chi connectivity index (χ1) is 8.96. The Hall–Kier alpha value is -1.79. The average Bonchev–Trinajstić information content (AvgIpc) is 2.33. The fraction of sp³-hybridized carbons (Fsp3) is 0.231. The molecule has 0 unspecified atom stereocenters. The summed E-state index contributed by atoms with van der Waals surface area (Å²) in [6, 6.07) is 10.7. The summed E-state index contributed by atoms with van der Waals surface area (Å²) < 4.78 is 29.8. The van der Waals surface area contributed by atoms with Gasteiger partial charge in [-0.15, -0.1) is 0 Å². The molecule has 2 rings (SSSR count). The van der Waals surface area contributed by atoms with Crippen LogP contribution in [0.4, 0.5) is 5.69 Å². The maximum Gasteiger partial charge on any atom is 0.264 e. The summed E-state index contributed by atoms with van der Waals surface area (Å²) >= 11 is 0. The fourth-order valence-electron chi connectivity index (χ4n) is 1.90. The van der Waals surface area contributed by atoms with Crippen molar-refractivity contribution in [1.29, 1.82) is 0 Å². The monoisotopic (exact) mass is 281 g/mol. The van der Waals surface area contributed by atoms with Gasteiger partial charge in [0.2, 0.25) is 0 Å². The van der Waals surface area contributed by atoms with Gasteiger partial charge in [-0.2, -0.15) is 8.42 Å². The van der Waals surface area contributed by atoms with Crippen LogP contribution in [0.1, 0.15) is 6.42 Å². The molecule has 0 fully saturated rings. The number of aromatic hydroxyl groups is 1. The molecule has 5 nitrogen and oxygen atoms in total. The third-order valence-electron chi connectivity index (χ3n) is 2.76. The van der Waals surface area contributed by atoms with Crippen LogP contribution in [-0.2, 0) is 10.1 Å². The zero-order valence-electron chi connectivity index (χ0n) is 10.2. The Balaban J connectivity index is 2.09. The van der Waals surface area contributed by atoms with Gasteiger partial charge < -0.3 is 10.4 Å². The maximum atomic E-state index is 10.6. The van der Waals surface area contributed by atoms with Crippen molar-refractivity contribution in [3.8, 4) is 5.75 Å². The first kappa shape index (κ1) is 13.6. The molecule has 6 heteroatoms. The van der Waals surface area contributed by atoms with Crippen LogP contribution in [0.5, 0.6) is 5.75 Å². The highest BCUT2D eigenvalue weighted by molar-refractivity contribution is 7.85. The number of phenolic OH excluding ortho intramolecular Hbond substituents is 1. The molecule has 0 amide bonds. The van der Waals surface area contributed by atoms with E-state index in [1.807, 2.05) is 18.2 Å². The Kier molecular flexibility index (Phi) is 3.92. The van der Waals surface area contributed by atoms with E-state index in [-0.39, 0.29) is 11.5 Å². The van der Waals surface area contributed by atoms with Crippen molar-refractivity contribution in [3.05, 3.63) is 36.4 Å². The molecule has 0 heterocycles. The summed E-state index contributed by atoms with van der Waals surface area (Å²) in [4.78, 5) is 0. The molecule has 0 radical (unpaired) electrons. The standard InChI is InChI=1S/C13H15NO4S/c15-11-5-6-12-10(9-11)3-1-4-13(12)14-7-2-8-19(16,17)18/h1,3-6,9,14-15H,2,7-8H2,(H,16,17,18). The minimum absolute atomic E-state index is 0.205. The summed E-state index contributed by atoms with van der Waals surface area (Å²) in [5.74, 6) is -0.0537. The third kappa shape index (κ3) is 3.84. The second-order valence-electron chi connectivity index (χ2n) is 4.28. The summed E-state index contributed by atoms with van der Waals surface area (Å²) in [6.07, 6.45) is 0.327. The van der Waals surface area contributed by atoms with Gasteiger partial charge in [0.25, 0.3) is 10.1 Å². The second kappa shape index (κ2) is 5.46. The van der Waals surface area contributed by atoms with Crippen molar-refractivity contribution >= 4 is 26.6 Å². The van der Waals surface area contributed by atoms with Gasteiger partial charge in [-0.1, -0.05) is 12.1 Å². The molecule has 0 atom stereocenters. The molecule has 2 aromatic carbocycles. The van der Waals surface area contributed by atoms with Gasteiger partial charge in [0.1, 0.15) is 5.75 Å². The number of fused-ring (bicyclic) bond motifs is 1. The van der Waals surface area contributed by atoms with Crippen LogP contribution in [-0.4, -0.2) is 30.4 Å². The summed E-state index contributed by atoms with van der Waals surface area (Å²) in [7, 11) is -3.90. The van der Waals surface area contributed by atoms with Crippen molar-refractivity contribution < 1.29 is 18.1 Å². The van der Waals surface area contributed by atoms with Gasteiger partial charge in [0, 0.05) is 17.6 Å². The van der Waals surface area contributed by atoms with Gasteiger partial charge in [0.05, 0.1) is 5.75 Å². The highest BCUT2D eigenvalue weighted by Gasteiger charge is 2.04. The van der Waals surface area contributed by atoms with Crippen molar-refractivity contribution in [2.45, 2.75) is 6.42 Å². The number of phenols is 1. The summed E-state index contributed by atoms with van der Waals surface area (Å²) in [6.45, 7) is 0.444. The van der Waals surface area contributed by atoms with E-state index in [0.717, 1.165) is 16.5 Å². The topological polar surface area (TPSA) is 86.6 Å². The smallest absolute Gasteiger partial charge is 0.264 e. The van der Waals surface area contributed by atoms with Gasteiger partial charge in [-0.25, -0.2) is 0 Å². The van der Waals surface area contributed by atoms with Crippen LogP contribution >= 0.6 is 0 Å². The molecule has 3 N–H and O–H groups in total. The molecular weight excluding hydrogens is 266 g/mol. The van der Waals surface area contributed by atoms with Gasteiger partial charge in [-0.05, 0) is 36.1 Å².